The molecule has 2 amide bonds. The Hall–Kier alpha value is -2.41. The monoisotopic (exact) mass is 357 g/mol. The van der Waals surface area contributed by atoms with E-state index in [-0.39, 0.29) is 23.9 Å². The number of carbonyl (C=O) groups excluding carboxylic acids is 2. The van der Waals surface area contributed by atoms with Crippen molar-refractivity contribution in [2.45, 2.75) is 38.9 Å². The van der Waals surface area contributed by atoms with Crippen molar-refractivity contribution in [1.29, 1.82) is 0 Å². The first-order valence-corrected chi connectivity index (χ1v) is 9.17. The van der Waals surface area contributed by atoms with E-state index in [2.05, 4.69) is 29.2 Å². The van der Waals surface area contributed by atoms with Gasteiger partial charge in [0.1, 0.15) is 6.04 Å². The topological polar surface area (TPSA) is 70.5 Å². The minimum atomic E-state index is -0.289. The summed E-state index contributed by atoms with van der Waals surface area (Å²) in [4.78, 5) is 28.9. The molecule has 1 aliphatic rings. The van der Waals surface area contributed by atoms with Gasteiger partial charge in [-0.05, 0) is 19.9 Å². The number of aryl methyl sites for hydroxylation is 1. The van der Waals surface area contributed by atoms with E-state index in [1.165, 1.54) is 0 Å². The fraction of sp³-hybridized carbons (Fsp3) is 0.526. The van der Waals surface area contributed by atoms with Gasteiger partial charge in [-0.2, -0.15) is 5.10 Å². The molecule has 1 unspecified atom stereocenters. The Morgan fingerprint density at radius 1 is 1.27 bits per heavy atom. The minimum Gasteiger partial charge on any atom is -0.358 e. The van der Waals surface area contributed by atoms with E-state index in [4.69, 9.17) is 0 Å². The Morgan fingerprint density at radius 2 is 2.04 bits per heavy atom. The van der Waals surface area contributed by atoms with Crippen LogP contribution in [0, 0.1) is 0 Å². The van der Waals surface area contributed by atoms with Gasteiger partial charge in [-0.25, -0.2) is 0 Å². The predicted molar refractivity (Wildman–Crippen MR) is 101 cm³/mol. The summed E-state index contributed by atoms with van der Waals surface area (Å²) in [5, 5.41) is 8.17. The van der Waals surface area contributed by atoms with Crippen LogP contribution in [0.25, 0.3) is 10.9 Å². The fourth-order valence-corrected chi connectivity index (χ4v) is 3.61. The molecule has 2 aromatic rings. The Bertz CT molecular complexity index is 785. The molecule has 140 valence electrons. The predicted octanol–water partition coefficient (Wildman–Crippen LogP) is 1.09. The molecular weight excluding hydrogens is 330 g/mol. The number of nitrogens with zero attached hydrogens (tertiary/aromatic N) is 4. The van der Waals surface area contributed by atoms with Gasteiger partial charge in [0, 0.05) is 44.5 Å². The summed E-state index contributed by atoms with van der Waals surface area (Å²) in [6.07, 6.45) is 2.21. The van der Waals surface area contributed by atoms with Crippen LogP contribution in [-0.4, -0.2) is 70.2 Å². The molecule has 26 heavy (non-hydrogen) atoms. The smallest absolute Gasteiger partial charge is 0.238 e. The molecule has 0 bridgehead atoms. The lowest BCUT2D eigenvalue weighted by atomic mass is 10.1. The number of amides is 2. The zero-order chi connectivity index (χ0) is 18.7. The number of nitrogens with one attached hydrogen (secondary N) is 1. The Balaban J connectivity index is 1.63. The van der Waals surface area contributed by atoms with Gasteiger partial charge in [0.15, 0.2) is 0 Å². The van der Waals surface area contributed by atoms with E-state index in [1.54, 1.807) is 7.05 Å². The zero-order valence-corrected chi connectivity index (χ0v) is 15.7. The third-order valence-corrected chi connectivity index (χ3v) is 5.08. The van der Waals surface area contributed by atoms with Crippen LogP contribution >= 0.6 is 0 Å². The van der Waals surface area contributed by atoms with E-state index in [0.29, 0.717) is 32.6 Å². The molecule has 0 aliphatic carbocycles. The van der Waals surface area contributed by atoms with Gasteiger partial charge in [0.25, 0.3) is 0 Å². The van der Waals surface area contributed by atoms with Gasteiger partial charge in [0.05, 0.1) is 18.3 Å². The lowest BCUT2D eigenvalue weighted by molar-refractivity contribution is -0.139. The lowest BCUT2D eigenvalue weighted by Crippen LogP contribution is -2.61. The maximum atomic E-state index is 12.7. The van der Waals surface area contributed by atoms with E-state index < -0.39 is 0 Å². The normalized spacial score (nSPS) is 18.5. The van der Waals surface area contributed by atoms with Crippen molar-refractivity contribution in [3.05, 3.63) is 30.5 Å². The largest absolute Gasteiger partial charge is 0.358 e. The summed E-state index contributed by atoms with van der Waals surface area (Å²) < 4.78 is 1.87. The maximum Gasteiger partial charge on any atom is 0.238 e. The van der Waals surface area contributed by atoms with E-state index in [1.807, 2.05) is 40.0 Å². The average Bonchev–Trinajstić information content (AvgIpc) is 3.08. The second kappa shape index (κ2) is 7.86. The van der Waals surface area contributed by atoms with Crippen LogP contribution in [-0.2, 0) is 16.1 Å². The molecular formula is C19H27N5O2. The minimum absolute atomic E-state index is 0.0331. The molecule has 1 aliphatic heterocycles. The number of para-hydroxylation sites is 1. The summed E-state index contributed by atoms with van der Waals surface area (Å²) in [7, 11) is 1.64. The summed E-state index contributed by atoms with van der Waals surface area (Å²) in [5.41, 5.74) is 1.04. The van der Waals surface area contributed by atoms with Gasteiger partial charge < -0.3 is 10.2 Å². The highest BCUT2D eigenvalue weighted by atomic mass is 16.2. The van der Waals surface area contributed by atoms with Gasteiger partial charge in [-0.15, -0.1) is 0 Å². The van der Waals surface area contributed by atoms with Gasteiger partial charge in [-0.3, -0.25) is 19.2 Å². The van der Waals surface area contributed by atoms with Crippen molar-refractivity contribution in [3.8, 4) is 0 Å². The second-order valence-corrected chi connectivity index (χ2v) is 6.98. The number of fused-ring (bicyclic) bond motifs is 1. The van der Waals surface area contributed by atoms with Gasteiger partial charge >= 0.3 is 0 Å². The highest BCUT2D eigenvalue weighted by Crippen LogP contribution is 2.16. The highest BCUT2D eigenvalue weighted by molar-refractivity contribution is 5.84. The third kappa shape index (κ3) is 3.72. The van der Waals surface area contributed by atoms with Crippen molar-refractivity contribution >= 4 is 22.7 Å². The molecule has 1 N–H and O–H groups in total. The van der Waals surface area contributed by atoms with Gasteiger partial charge in [0.2, 0.25) is 11.8 Å². The first kappa shape index (κ1) is 18.4. The summed E-state index contributed by atoms with van der Waals surface area (Å²) >= 11 is 0. The van der Waals surface area contributed by atoms with Crippen LogP contribution < -0.4 is 5.32 Å². The number of piperazine rings is 1. The van der Waals surface area contributed by atoms with Crippen molar-refractivity contribution in [2.24, 2.45) is 0 Å². The molecule has 0 spiro atoms. The summed E-state index contributed by atoms with van der Waals surface area (Å²) in [6, 6.07) is 7.96. The molecule has 0 saturated carbocycles. The first-order chi connectivity index (χ1) is 12.5. The first-order valence-electron chi connectivity index (χ1n) is 9.17. The Labute approximate surface area is 153 Å². The van der Waals surface area contributed by atoms with Crippen LogP contribution in [0.15, 0.2) is 30.5 Å². The zero-order valence-electron chi connectivity index (χ0n) is 15.7. The molecule has 7 nitrogen and oxygen atoms in total. The number of aromatic nitrogens is 2. The number of hydrogen-bond acceptors (Lipinski definition) is 4. The molecule has 1 atom stereocenters. The van der Waals surface area contributed by atoms with Crippen molar-refractivity contribution < 1.29 is 9.59 Å². The molecule has 2 heterocycles. The van der Waals surface area contributed by atoms with E-state index >= 15 is 0 Å². The Morgan fingerprint density at radius 3 is 2.77 bits per heavy atom. The maximum absolute atomic E-state index is 12.7. The number of rotatable bonds is 5. The van der Waals surface area contributed by atoms with Crippen LogP contribution in [0.4, 0.5) is 0 Å². The molecule has 7 heteroatoms. The molecule has 1 aromatic heterocycles. The van der Waals surface area contributed by atoms with Crippen LogP contribution in [0.3, 0.4) is 0 Å². The van der Waals surface area contributed by atoms with Crippen molar-refractivity contribution in [2.75, 3.05) is 26.7 Å². The van der Waals surface area contributed by atoms with Crippen LogP contribution in [0.2, 0.25) is 0 Å². The van der Waals surface area contributed by atoms with E-state index in [9.17, 15) is 9.59 Å². The standard InChI is InChI=1S/C19H27N5O2/c1-14(2)23-11-10-22(13-17(23)19(26)20-3)18(25)8-9-24-16-7-5-4-6-15(16)12-21-24/h4-7,12,14,17H,8-11,13H2,1-3H3,(H,20,26). The number of carbonyl (C=O) groups is 2. The molecule has 3 rings (SSSR count). The second-order valence-electron chi connectivity index (χ2n) is 6.98. The summed E-state index contributed by atoms with van der Waals surface area (Å²) in [6.45, 7) is 6.51. The third-order valence-electron chi connectivity index (χ3n) is 5.08. The highest BCUT2D eigenvalue weighted by Gasteiger charge is 2.34. The molecule has 0 radical (unpaired) electrons. The number of hydrogen-bond donors (Lipinski definition) is 1. The molecule has 1 fully saturated rings. The van der Waals surface area contributed by atoms with Gasteiger partial charge in [-0.1, -0.05) is 18.2 Å². The number of benzene rings is 1. The SMILES string of the molecule is CNC(=O)C1CN(C(=O)CCn2ncc3ccccc32)CCN1C(C)C. The van der Waals surface area contributed by atoms with Crippen LogP contribution in [0.1, 0.15) is 20.3 Å². The molecule has 1 saturated heterocycles. The van der Waals surface area contributed by atoms with Crippen molar-refractivity contribution in [3.63, 3.8) is 0 Å². The average molecular weight is 357 g/mol. The quantitative estimate of drug-likeness (QED) is 0.870. The Kier molecular flexibility index (Phi) is 5.56. The van der Waals surface area contributed by atoms with Crippen LogP contribution in [0.5, 0.6) is 0 Å². The number of likely N-dealkylation sites (N-methyl/N-ethyl adjacent to an activating group) is 1. The lowest BCUT2D eigenvalue weighted by Gasteiger charge is -2.42. The summed E-state index contributed by atoms with van der Waals surface area (Å²) in [5.74, 6) is 0.0381. The molecule has 1 aromatic carbocycles. The van der Waals surface area contributed by atoms with Crippen molar-refractivity contribution in [1.82, 2.24) is 24.9 Å². The fourth-order valence-electron chi connectivity index (χ4n) is 3.61. The van der Waals surface area contributed by atoms with E-state index in [0.717, 1.165) is 10.9 Å².